The number of carbonyl (C=O) groups excluding carboxylic acids is 1. The summed E-state index contributed by atoms with van der Waals surface area (Å²) in [5.41, 5.74) is 2.74. The van der Waals surface area contributed by atoms with Gasteiger partial charge in [-0.05, 0) is 35.3 Å². The van der Waals surface area contributed by atoms with E-state index in [4.69, 9.17) is 9.84 Å². The van der Waals surface area contributed by atoms with Crippen molar-refractivity contribution in [3.05, 3.63) is 41.1 Å². The minimum absolute atomic E-state index is 0.0590. The van der Waals surface area contributed by atoms with Crippen LogP contribution in [0.15, 0.2) is 40.7 Å². The first kappa shape index (κ1) is 18.1. The van der Waals surface area contributed by atoms with Crippen molar-refractivity contribution < 1.29 is 9.53 Å². The SMILES string of the molecule is CCSc1nc2n(n1)[C@H](c1ccc(OC)cc1)C1=C(CC(C)(C)CC1=O)N2. The summed E-state index contributed by atoms with van der Waals surface area (Å²) in [5, 5.41) is 8.81. The van der Waals surface area contributed by atoms with E-state index in [0.29, 0.717) is 12.4 Å². The lowest BCUT2D eigenvalue weighted by atomic mass is 9.73. The average Bonchev–Trinajstić information content (AvgIpc) is 3.01. The number of ether oxygens (including phenoxy) is 1. The maximum atomic E-state index is 13.1. The minimum Gasteiger partial charge on any atom is -0.497 e. The molecular weight excluding hydrogens is 360 g/mol. The van der Waals surface area contributed by atoms with E-state index >= 15 is 0 Å². The molecular formula is C20H24N4O2S. The van der Waals surface area contributed by atoms with Crippen molar-refractivity contribution in [3.63, 3.8) is 0 Å². The molecule has 0 radical (unpaired) electrons. The summed E-state index contributed by atoms with van der Waals surface area (Å²) >= 11 is 1.60. The molecule has 2 aliphatic rings. The summed E-state index contributed by atoms with van der Waals surface area (Å²) in [4.78, 5) is 17.8. The van der Waals surface area contributed by atoms with Crippen molar-refractivity contribution >= 4 is 23.5 Å². The molecule has 0 saturated carbocycles. The number of thioether (sulfide) groups is 1. The summed E-state index contributed by atoms with van der Waals surface area (Å²) in [5.74, 6) is 2.57. The fraction of sp³-hybridized carbons (Fsp3) is 0.450. The van der Waals surface area contributed by atoms with E-state index in [1.165, 1.54) is 0 Å². The summed E-state index contributed by atoms with van der Waals surface area (Å²) < 4.78 is 7.14. The molecule has 7 heteroatoms. The van der Waals surface area contributed by atoms with Gasteiger partial charge in [-0.3, -0.25) is 4.79 Å². The molecule has 1 aromatic heterocycles. The van der Waals surface area contributed by atoms with Gasteiger partial charge >= 0.3 is 0 Å². The number of Topliss-reactive ketones (excluding diaryl/α,β-unsaturated/α-hetero) is 1. The Balaban J connectivity index is 1.85. The van der Waals surface area contributed by atoms with E-state index in [1.807, 2.05) is 28.9 Å². The van der Waals surface area contributed by atoms with Crippen molar-refractivity contribution in [1.29, 1.82) is 0 Å². The first-order valence-corrected chi connectivity index (χ1v) is 10.2. The van der Waals surface area contributed by atoms with Crippen LogP contribution in [0.3, 0.4) is 0 Å². The van der Waals surface area contributed by atoms with Crippen LogP contribution in [0, 0.1) is 5.41 Å². The van der Waals surface area contributed by atoms with Gasteiger partial charge in [-0.15, -0.1) is 5.10 Å². The fourth-order valence-electron chi connectivity index (χ4n) is 3.87. The standard InChI is InChI=1S/C20H24N4O2S/c1-5-27-19-22-18-21-14-10-20(2,3)11-15(25)16(14)17(24(18)23-19)12-6-8-13(26-4)9-7-12/h6-9,17H,5,10-11H2,1-4H3,(H,21,22,23)/t17-/m1/s1. The van der Waals surface area contributed by atoms with Crippen molar-refractivity contribution in [2.45, 2.75) is 44.8 Å². The minimum atomic E-state index is -0.260. The molecule has 27 heavy (non-hydrogen) atoms. The molecule has 0 bridgehead atoms. The average molecular weight is 385 g/mol. The highest BCUT2D eigenvalue weighted by Crippen LogP contribution is 2.45. The van der Waals surface area contributed by atoms with Crippen molar-refractivity contribution in [3.8, 4) is 5.75 Å². The molecule has 0 unspecified atom stereocenters. The zero-order valence-electron chi connectivity index (χ0n) is 16.1. The van der Waals surface area contributed by atoms with Crippen LogP contribution in [0.1, 0.15) is 45.2 Å². The number of carbonyl (C=O) groups is 1. The van der Waals surface area contributed by atoms with Gasteiger partial charge in [0.15, 0.2) is 5.78 Å². The molecule has 0 saturated heterocycles. The first-order valence-electron chi connectivity index (χ1n) is 9.18. The summed E-state index contributed by atoms with van der Waals surface area (Å²) in [6.07, 6.45) is 1.37. The lowest BCUT2D eigenvalue weighted by Crippen LogP contribution is -2.36. The van der Waals surface area contributed by atoms with Gasteiger partial charge in [0.05, 0.1) is 7.11 Å². The third kappa shape index (κ3) is 3.25. The van der Waals surface area contributed by atoms with Gasteiger partial charge in [0.2, 0.25) is 11.1 Å². The molecule has 1 aromatic carbocycles. The van der Waals surface area contributed by atoms with Crippen LogP contribution < -0.4 is 10.1 Å². The molecule has 4 rings (SSSR count). The van der Waals surface area contributed by atoms with E-state index in [0.717, 1.165) is 39.9 Å². The van der Waals surface area contributed by atoms with Gasteiger partial charge < -0.3 is 10.1 Å². The number of methoxy groups -OCH3 is 1. The predicted molar refractivity (Wildman–Crippen MR) is 106 cm³/mol. The molecule has 6 nitrogen and oxygen atoms in total. The highest BCUT2D eigenvalue weighted by Gasteiger charge is 2.41. The Morgan fingerprint density at radius 2 is 2.04 bits per heavy atom. The van der Waals surface area contributed by atoms with Crippen LogP contribution in [0.4, 0.5) is 5.95 Å². The molecule has 142 valence electrons. The fourth-order valence-corrected chi connectivity index (χ4v) is 4.43. The molecule has 2 aromatic rings. The monoisotopic (exact) mass is 384 g/mol. The molecule has 2 heterocycles. The Morgan fingerprint density at radius 3 is 2.70 bits per heavy atom. The zero-order valence-corrected chi connectivity index (χ0v) is 16.9. The second-order valence-corrected chi connectivity index (χ2v) is 8.96. The van der Waals surface area contributed by atoms with Crippen LogP contribution in [-0.2, 0) is 4.79 Å². The van der Waals surface area contributed by atoms with E-state index in [1.54, 1.807) is 18.9 Å². The quantitative estimate of drug-likeness (QED) is 0.802. The van der Waals surface area contributed by atoms with E-state index < -0.39 is 0 Å². The molecule has 1 atom stereocenters. The number of anilines is 1. The number of ketones is 1. The van der Waals surface area contributed by atoms with Gasteiger partial charge in [0.1, 0.15) is 11.8 Å². The largest absolute Gasteiger partial charge is 0.497 e. The third-order valence-electron chi connectivity index (χ3n) is 5.02. The second-order valence-electron chi connectivity index (χ2n) is 7.73. The molecule has 0 amide bonds. The number of hydrogen-bond acceptors (Lipinski definition) is 6. The smallest absolute Gasteiger partial charge is 0.227 e. The van der Waals surface area contributed by atoms with Crippen molar-refractivity contribution in [1.82, 2.24) is 14.8 Å². The summed E-state index contributed by atoms with van der Waals surface area (Å²) in [7, 11) is 1.65. The normalized spacial score (nSPS) is 20.7. The van der Waals surface area contributed by atoms with E-state index in [2.05, 4.69) is 31.1 Å². The van der Waals surface area contributed by atoms with Gasteiger partial charge in [-0.2, -0.15) is 4.98 Å². The van der Waals surface area contributed by atoms with Crippen LogP contribution in [0.5, 0.6) is 5.75 Å². The second kappa shape index (κ2) is 6.71. The topological polar surface area (TPSA) is 69.0 Å². The Kier molecular flexibility index (Phi) is 4.50. The Labute approximate surface area is 163 Å². The van der Waals surface area contributed by atoms with Crippen LogP contribution in [-0.4, -0.2) is 33.4 Å². The highest BCUT2D eigenvalue weighted by atomic mass is 32.2. The van der Waals surface area contributed by atoms with Gasteiger partial charge in [-0.1, -0.05) is 44.7 Å². The third-order valence-corrected chi connectivity index (χ3v) is 5.74. The number of hydrogen-bond donors (Lipinski definition) is 1. The number of aromatic nitrogens is 3. The van der Waals surface area contributed by atoms with E-state index in [-0.39, 0.29) is 17.2 Å². The number of benzene rings is 1. The Hall–Kier alpha value is -2.28. The number of rotatable bonds is 4. The van der Waals surface area contributed by atoms with Gasteiger partial charge in [0.25, 0.3) is 0 Å². The molecule has 1 N–H and O–H groups in total. The van der Waals surface area contributed by atoms with Crippen molar-refractivity contribution in [2.75, 3.05) is 18.2 Å². The molecule has 0 fully saturated rings. The van der Waals surface area contributed by atoms with Gasteiger partial charge in [0, 0.05) is 17.7 Å². The number of nitrogens with one attached hydrogen (secondary N) is 1. The van der Waals surface area contributed by atoms with Crippen LogP contribution in [0.2, 0.25) is 0 Å². The molecule has 1 aliphatic heterocycles. The van der Waals surface area contributed by atoms with Gasteiger partial charge in [-0.25, -0.2) is 4.68 Å². The first-order chi connectivity index (χ1) is 12.9. The van der Waals surface area contributed by atoms with Crippen LogP contribution >= 0.6 is 11.8 Å². The number of nitrogens with zero attached hydrogens (tertiary/aromatic N) is 3. The summed E-state index contributed by atoms with van der Waals surface area (Å²) in [6, 6.07) is 7.60. The number of allylic oxidation sites excluding steroid dienone is 2. The molecule has 1 aliphatic carbocycles. The highest BCUT2D eigenvalue weighted by molar-refractivity contribution is 7.99. The van der Waals surface area contributed by atoms with Crippen LogP contribution in [0.25, 0.3) is 0 Å². The molecule has 0 spiro atoms. The Morgan fingerprint density at radius 1 is 1.30 bits per heavy atom. The lowest BCUT2D eigenvalue weighted by Gasteiger charge is -2.38. The maximum Gasteiger partial charge on any atom is 0.227 e. The zero-order chi connectivity index (χ0) is 19.2. The Bertz CT molecular complexity index is 915. The summed E-state index contributed by atoms with van der Waals surface area (Å²) in [6.45, 7) is 6.35. The number of fused-ring (bicyclic) bond motifs is 1. The van der Waals surface area contributed by atoms with Crippen molar-refractivity contribution in [2.24, 2.45) is 5.41 Å². The van der Waals surface area contributed by atoms with E-state index in [9.17, 15) is 4.79 Å². The maximum absolute atomic E-state index is 13.1. The predicted octanol–water partition coefficient (Wildman–Crippen LogP) is 4.06. The lowest BCUT2D eigenvalue weighted by molar-refractivity contribution is -0.118.